The number of thiophene rings is 1. The highest BCUT2D eigenvalue weighted by atomic mass is 32.1. The van der Waals surface area contributed by atoms with Gasteiger partial charge in [0.25, 0.3) is 11.7 Å². The van der Waals surface area contributed by atoms with Gasteiger partial charge in [-0.25, -0.2) is 9.18 Å². The quantitative estimate of drug-likeness (QED) is 0.349. The number of esters is 1. The number of nitrogens with one attached hydrogen (secondary N) is 2. The summed E-state index contributed by atoms with van der Waals surface area (Å²) in [4.78, 5) is 41.4. The van der Waals surface area contributed by atoms with Crippen molar-refractivity contribution < 1.29 is 23.5 Å². The smallest absolute Gasteiger partial charge is 0.340 e. The van der Waals surface area contributed by atoms with Crippen LogP contribution in [0.15, 0.2) is 41.8 Å². The summed E-state index contributed by atoms with van der Waals surface area (Å²) in [6, 6.07) is 9.42. The lowest BCUT2D eigenvalue weighted by molar-refractivity contribution is -0.117. The topological polar surface area (TPSA) is 88.3 Å². The van der Waals surface area contributed by atoms with Crippen LogP contribution >= 0.6 is 11.3 Å². The molecule has 1 amide bonds. The predicted octanol–water partition coefficient (Wildman–Crippen LogP) is 3.87. The maximum atomic E-state index is 14.5. The van der Waals surface area contributed by atoms with Gasteiger partial charge in [0.2, 0.25) is 0 Å². The van der Waals surface area contributed by atoms with Crippen LogP contribution in [0.3, 0.4) is 0 Å². The molecule has 3 aromatic rings. The van der Waals surface area contributed by atoms with Gasteiger partial charge in [-0.3, -0.25) is 9.59 Å². The summed E-state index contributed by atoms with van der Waals surface area (Å²) in [5.74, 6) is -3.06. The van der Waals surface area contributed by atoms with Crippen LogP contribution in [-0.4, -0.2) is 29.3 Å². The monoisotopic (exact) mass is 414 g/mol. The number of rotatable bonds is 7. The lowest BCUT2D eigenvalue weighted by Crippen LogP contribution is -2.31. The van der Waals surface area contributed by atoms with E-state index in [4.69, 9.17) is 4.74 Å². The van der Waals surface area contributed by atoms with Crippen LogP contribution in [0.5, 0.6) is 0 Å². The van der Waals surface area contributed by atoms with Crippen LogP contribution in [0.2, 0.25) is 0 Å². The molecule has 150 valence electrons. The van der Waals surface area contributed by atoms with Crippen molar-refractivity contribution in [2.45, 2.75) is 20.4 Å². The molecular weight excluding hydrogens is 395 g/mol. The van der Waals surface area contributed by atoms with E-state index in [9.17, 15) is 18.8 Å². The number of carbonyl (C=O) groups is 3. The van der Waals surface area contributed by atoms with Crippen molar-refractivity contribution in [1.82, 2.24) is 10.3 Å². The lowest BCUT2D eigenvalue weighted by Gasteiger charge is -2.09. The molecule has 0 aliphatic carbocycles. The third-order valence-electron chi connectivity index (χ3n) is 4.25. The molecule has 3 rings (SSSR count). The number of ketones is 1. The van der Waals surface area contributed by atoms with E-state index >= 15 is 0 Å². The van der Waals surface area contributed by atoms with Gasteiger partial charge in [0.1, 0.15) is 11.5 Å². The minimum atomic E-state index is -0.890. The summed E-state index contributed by atoms with van der Waals surface area (Å²) in [7, 11) is 0. The Kier molecular flexibility index (Phi) is 6.23. The number of hydrogen-bond acceptors (Lipinski definition) is 5. The summed E-state index contributed by atoms with van der Waals surface area (Å²) >= 11 is 1.45. The molecule has 0 bridgehead atoms. The van der Waals surface area contributed by atoms with E-state index in [0.29, 0.717) is 5.69 Å². The minimum Gasteiger partial charge on any atom is -0.462 e. The molecule has 2 aromatic heterocycles. The van der Waals surface area contributed by atoms with E-state index in [1.165, 1.54) is 29.5 Å². The SMILES string of the molecule is CCOC(=O)c1c(C)[nH]c(C(=O)C(=O)NCc2cccs2)c1-c1ccccc1F. The first kappa shape index (κ1) is 20.5. The molecule has 0 aliphatic heterocycles. The van der Waals surface area contributed by atoms with Gasteiger partial charge < -0.3 is 15.0 Å². The molecule has 0 radical (unpaired) electrons. The van der Waals surface area contributed by atoms with Crippen LogP contribution in [0.4, 0.5) is 4.39 Å². The van der Waals surface area contributed by atoms with Crippen molar-refractivity contribution in [2.75, 3.05) is 6.61 Å². The Bertz CT molecular complexity index is 1060. The average molecular weight is 414 g/mol. The van der Waals surface area contributed by atoms with Gasteiger partial charge in [-0.15, -0.1) is 11.3 Å². The van der Waals surface area contributed by atoms with Gasteiger partial charge in [-0.2, -0.15) is 0 Å². The molecule has 0 atom stereocenters. The molecule has 0 spiro atoms. The lowest BCUT2D eigenvalue weighted by atomic mass is 9.98. The molecule has 8 heteroatoms. The molecular formula is C21H19FN2O4S. The Morgan fingerprint density at radius 3 is 2.59 bits per heavy atom. The number of halogens is 1. The van der Waals surface area contributed by atoms with E-state index in [1.54, 1.807) is 19.9 Å². The highest BCUT2D eigenvalue weighted by Crippen LogP contribution is 2.33. The second-order valence-corrected chi connectivity index (χ2v) is 7.20. The normalized spacial score (nSPS) is 10.6. The molecule has 6 nitrogen and oxygen atoms in total. The van der Waals surface area contributed by atoms with Crippen LogP contribution in [0.1, 0.15) is 38.3 Å². The highest BCUT2D eigenvalue weighted by molar-refractivity contribution is 7.09. The van der Waals surface area contributed by atoms with Crippen molar-refractivity contribution in [1.29, 1.82) is 0 Å². The number of aromatic nitrogens is 1. The zero-order chi connectivity index (χ0) is 21.0. The number of amides is 1. The standard InChI is InChI=1S/C21H19FN2O4S/c1-3-28-21(27)16-12(2)24-18(17(16)14-8-4-5-9-15(14)22)19(25)20(26)23-11-13-7-6-10-29-13/h4-10,24H,3,11H2,1-2H3,(H,23,26). The van der Waals surface area contributed by atoms with Crippen LogP contribution in [-0.2, 0) is 16.1 Å². The summed E-state index contributed by atoms with van der Waals surface area (Å²) in [5.41, 5.74) is 0.256. The highest BCUT2D eigenvalue weighted by Gasteiger charge is 2.30. The molecule has 0 aliphatic rings. The van der Waals surface area contributed by atoms with Gasteiger partial charge in [0, 0.05) is 21.7 Å². The first-order valence-corrected chi connectivity index (χ1v) is 9.81. The zero-order valence-corrected chi connectivity index (χ0v) is 16.7. The van der Waals surface area contributed by atoms with Crippen molar-refractivity contribution >= 4 is 29.0 Å². The van der Waals surface area contributed by atoms with E-state index in [-0.39, 0.29) is 35.5 Å². The fourth-order valence-electron chi connectivity index (χ4n) is 2.96. The third kappa shape index (κ3) is 4.27. The van der Waals surface area contributed by atoms with Gasteiger partial charge in [0.05, 0.1) is 18.7 Å². The Hall–Kier alpha value is -3.26. The summed E-state index contributed by atoms with van der Waals surface area (Å²) in [6.07, 6.45) is 0. The largest absolute Gasteiger partial charge is 0.462 e. The van der Waals surface area contributed by atoms with Crippen molar-refractivity contribution in [3.8, 4) is 11.1 Å². The predicted molar refractivity (Wildman–Crippen MR) is 107 cm³/mol. The van der Waals surface area contributed by atoms with Crippen LogP contribution in [0.25, 0.3) is 11.1 Å². The maximum Gasteiger partial charge on any atom is 0.340 e. The molecule has 29 heavy (non-hydrogen) atoms. The van der Waals surface area contributed by atoms with Crippen molar-refractivity contribution in [3.05, 3.63) is 69.4 Å². The molecule has 0 unspecified atom stereocenters. The number of aryl methyl sites for hydroxylation is 1. The first-order chi connectivity index (χ1) is 13.9. The summed E-state index contributed by atoms with van der Waals surface area (Å²) in [6.45, 7) is 3.52. The molecule has 2 heterocycles. The molecule has 0 fully saturated rings. The number of hydrogen-bond donors (Lipinski definition) is 2. The Balaban J connectivity index is 2.02. The molecule has 1 aromatic carbocycles. The first-order valence-electron chi connectivity index (χ1n) is 8.93. The Morgan fingerprint density at radius 2 is 1.93 bits per heavy atom. The van der Waals surface area contributed by atoms with E-state index in [0.717, 1.165) is 4.88 Å². The van der Waals surface area contributed by atoms with E-state index in [2.05, 4.69) is 10.3 Å². The number of ether oxygens (including phenoxy) is 1. The summed E-state index contributed by atoms with van der Waals surface area (Å²) in [5, 5.41) is 4.41. The second kappa shape index (κ2) is 8.83. The van der Waals surface area contributed by atoms with Gasteiger partial charge in [0.15, 0.2) is 0 Å². The fraction of sp³-hybridized carbons (Fsp3) is 0.190. The Labute approximate surface area is 170 Å². The third-order valence-corrected chi connectivity index (χ3v) is 5.12. The summed E-state index contributed by atoms with van der Waals surface area (Å²) < 4.78 is 19.6. The average Bonchev–Trinajstić information content (AvgIpc) is 3.33. The number of carbonyl (C=O) groups excluding carboxylic acids is 3. The number of benzene rings is 1. The molecule has 2 N–H and O–H groups in total. The van der Waals surface area contributed by atoms with E-state index < -0.39 is 23.5 Å². The fourth-order valence-corrected chi connectivity index (χ4v) is 3.61. The van der Waals surface area contributed by atoms with E-state index in [1.807, 2.05) is 17.5 Å². The zero-order valence-electron chi connectivity index (χ0n) is 15.9. The number of aromatic amines is 1. The van der Waals surface area contributed by atoms with Crippen molar-refractivity contribution in [3.63, 3.8) is 0 Å². The maximum absolute atomic E-state index is 14.5. The minimum absolute atomic E-state index is 0.0234. The van der Waals surface area contributed by atoms with Crippen LogP contribution in [0, 0.1) is 12.7 Å². The molecule has 0 saturated carbocycles. The van der Waals surface area contributed by atoms with Gasteiger partial charge in [-0.1, -0.05) is 24.3 Å². The number of H-pyrrole nitrogens is 1. The van der Waals surface area contributed by atoms with Crippen molar-refractivity contribution in [2.24, 2.45) is 0 Å². The number of Topliss-reactive ketones (excluding diaryl/α,β-unsaturated/α-hetero) is 1. The van der Waals surface area contributed by atoms with Gasteiger partial charge >= 0.3 is 5.97 Å². The van der Waals surface area contributed by atoms with Gasteiger partial charge in [-0.05, 0) is 31.4 Å². The Morgan fingerprint density at radius 1 is 1.17 bits per heavy atom. The van der Waals surface area contributed by atoms with Crippen LogP contribution < -0.4 is 5.32 Å². The molecule has 0 saturated heterocycles. The second-order valence-electron chi connectivity index (χ2n) is 6.17.